The summed E-state index contributed by atoms with van der Waals surface area (Å²) in [5, 5.41) is 14.5. The molecule has 4 aromatic carbocycles. The van der Waals surface area contributed by atoms with Crippen molar-refractivity contribution in [3.05, 3.63) is 143 Å². The van der Waals surface area contributed by atoms with Gasteiger partial charge in [0.2, 0.25) is 0 Å². The lowest BCUT2D eigenvalue weighted by Gasteiger charge is -2.18. The maximum absolute atomic E-state index is 14.5. The van der Waals surface area contributed by atoms with Crippen molar-refractivity contribution in [2.45, 2.75) is 32.3 Å². The number of hydrogen-bond acceptors (Lipinski definition) is 3. The van der Waals surface area contributed by atoms with Gasteiger partial charge in [-0.15, -0.1) is 0 Å². The van der Waals surface area contributed by atoms with Crippen LogP contribution < -0.4 is 4.84 Å². The van der Waals surface area contributed by atoms with Crippen LogP contribution in [0, 0.1) is 0 Å². The molecule has 0 aliphatic rings. The first kappa shape index (κ1) is 27.0. The number of rotatable bonds is 7. The topological polar surface area (TPSA) is 98.8 Å². The highest BCUT2D eigenvalue weighted by Crippen LogP contribution is 2.39. The number of aromatic nitrogens is 4. The molecule has 45 heavy (non-hydrogen) atoms. The predicted octanol–water partition coefficient (Wildman–Crippen LogP) is 8.15. The summed E-state index contributed by atoms with van der Waals surface area (Å²) in [6, 6.07) is 31.9. The summed E-state index contributed by atoms with van der Waals surface area (Å²) in [6.45, 7) is 4.00. The molecule has 7 nitrogen and oxygen atoms in total. The zero-order valence-corrected chi connectivity index (χ0v) is 25.0. The monoisotopic (exact) mass is 592 g/mol. The molecule has 0 aliphatic heterocycles. The summed E-state index contributed by atoms with van der Waals surface area (Å²) >= 11 is 0. The lowest BCUT2D eigenvalue weighted by atomic mass is 9.94. The second-order valence-corrected chi connectivity index (χ2v) is 11.7. The Labute approximate surface area is 259 Å². The molecule has 2 atom stereocenters. The van der Waals surface area contributed by atoms with E-state index in [1.54, 1.807) is 4.73 Å². The number of aliphatic hydroxyl groups excluding tert-OH is 1. The van der Waals surface area contributed by atoms with Gasteiger partial charge in [0.05, 0.1) is 23.4 Å². The van der Waals surface area contributed by atoms with E-state index < -0.39 is 5.97 Å². The molecule has 0 radical (unpaired) electrons. The molecule has 0 amide bonds. The van der Waals surface area contributed by atoms with E-state index >= 15 is 0 Å². The predicted molar refractivity (Wildman–Crippen MR) is 179 cm³/mol. The molecule has 4 aromatic heterocycles. The molecule has 222 valence electrons. The molecule has 4 heterocycles. The van der Waals surface area contributed by atoms with Crippen molar-refractivity contribution in [3.8, 4) is 0 Å². The van der Waals surface area contributed by atoms with Gasteiger partial charge in [0, 0.05) is 73.6 Å². The Hall–Kier alpha value is -5.53. The lowest BCUT2D eigenvalue weighted by molar-refractivity contribution is 0.0467. The van der Waals surface area contributed by atoms with Gasteiger partial charge in [-0.3, -0.25) is 0 Å². The van der Waals surface area contributed by atoms with Crippen LogP contribution in [0.4, 0.5) is 0 Å². The van der Waals surface area contributed by atoms with E-state index in [9.17, 15) is 9.90 Å². The summed E-state index contributed by atoms with van der Waals surface area (Å²) in [4.78, 5) is 31.3. The fourth-order valence-electron chi connectivity index (χ4n) is 7.04. The molecule has 8 rings (SSSR count). The number of carbonyl (C=O) groups is 1. The van der Waals surface area contributed by atoms with Crippen LogP contribution in [-0.4, -0.2) is 30.8 Å². The van der Waals surface area contributed by atoms with E-state index in [1.165, 1.54) is 0 Å². The molecule has 4 N–H and O–H groups in total. The van der Waals surface area contributed by atoms with Crippen molar-refractivity contribution < 1.29 is 14.7 Å². The molecule has 0 saturated carbocycles. The number of aromatic amines is 3. The van der Waals surface area contributed by atoms with Crippen molar-refractivity contribution in [1.29, 1.82) is 0 Å². The average molecular weight is 593 g/mol. The van der Waals surface area contributed by atoms with Crippen molar-refractivity contribution >= 4 is 49.6 Å². The van der Waals surface area contributed by atoms with Gasteiger partial charge in [0.15, 0.2) is 0 Å². The number of nitrogens with one attached hydrogen (secondary N) is 3. The maximum atomic E-state index is 14.5. The summed E-state index contributed by atoms with van der Waals surface area (Å²) in [6.07, 6.45) is 4.02. The molecule has 7 heteroatoms. The number of para-hydroxylation sites is 4. The Balaban J connectivity index is 1.29. The van der Waals surface area contributed by atoms with Gasteiger partial charge < -0.3 is 24.9 Å². The molecule has 0 fully saturated rings. The van der Waals surface area contributed by atoms with Crippen LogP contribution in [0.15, 0.2) is 109 Å². The maximum Gasteiger partial charge on any atom is 0.366 e. The van der Waals surface area contributed by atoms with E-state index in [2.05, 4.69) is 47.0 Å². The molecular weight excluding hydrogens is 560 g/mol. The zero-order chi connectivity index (χ0) is 30.7. The van der Waals surface area contributed by atoms with Crippen LogP contribution in [0.2, 0.25) is 0 Å². The number of carbonyl (C=O) groups excluding carboxylic acids is 1. The van der Waals surface area contributed by atoms with E-state index in [0.717, 1.165) is 71.7 Å². The first-order valence-electron chi connectivity index (χ1n) is 15.2. The smallest absolute Gasteiger partial charge is 0.366 e. The number of fused-ring (bicyclic) bond motifs is 4. The van der Waals surface area contributed by atoms with Crippen LogP contribution in [0.1, 0.15) is 64.1 Å². The molecular formula is C38H32N4O3. The quantitative estimate of drug-likeness (QED) is 0.150. The third kappa shape index (κ3) is 4.19. The molecule has 2 unspecified atom stereocenters. The first-order valence-corrected chi connectivity index (χ1v) is 15.2. The summed E-state index contributed by atoms with van der Waals surface area (Å²) < 4.78 is 1.64. The van der Waals surface area contributed by atoms with E-state index in [1.807, 2.05) is 91.3 Å². The van der Waals surface area contributed by atoms with Gasteiger partial charge in [-0.2, -0.15) is 4.73 Å². The van der Waals surface area contributed by atoms with Crippen molar-refractivity contribution in [2.75, 3.05) is 0 Å². The third-order valence-electron chi connectivity index (χ3n) is 9.27. The average Bonchev–Trinajstić information content (AvgIpc) is 3.86. The van der Waals surface area contributed by atoms with E-state index in [0.29, 0.717) is 5.56 Å². The lowest BCUT2D eigenvalue weighted by Crippen LogP contribution is -2.24. The van der Waals surface area contributed by atoms with Gasteiger partial charge in [0.1, 0.15) is 0 Å². The Morgan fingerprint density at radius 3 is 1.89 bits per heavy atom. The zero-order valence-electron chi connectivity index (χ0n) is 25.0. The van der Waals surface area contributed by atoms with Gasteiger partial charge in [-0.05, 0) is 35.4 Å². The minimum Gasteiger partial charge on any atom is -0.392 e. The molecule has 0 spiro atoms. The van der Waals surface area contributed by atoms with Gasteiger partial charge in [0.25, 0.3) is 0 Å². The van der Waals surface area contributed by atoms with Gasteiger partial charge in [-0.25, -0.2) is 4.79 Å². The van der Waals surface area contributed by atoms with Crippen molar-refractivity contribution in [3.63, 3.8) is 0 Å². The van der Waals surface area contributed by atoms with Gasteiger partial charge >= 0.3 is 5.97 Å². The van der Waals surface area contributed by atoms with E-state index in [4.69, 9.17) is 4.84 Å². The minimum absolute atomic E-state index is 0.130. The number of aliphatic hydroxyl groups is 1. The van der Waals surface area contributed by atoms with Crippen LogP contribution in [0.25, 0.3) is 43.6 Å². The number of H-pyrrole nitrogens is 3. The SMILES string of the molecule is CC(c1[nH]c2ccccc2c1C(=O)On1c(C(C)c2c[nH]c3ccccc23)c(CO)c2ccccc21)c1c[nH]c2ccccc12. The summed E-state index contributed by atoms with van der Waals surface area (Å²) in [5.74, 6) is -0.794. The van der Waals surface area contributed by atoms with E-state index in [-0.39, 0.29) is 18.4 Å². The highest BCUT2D eigenvalue weighted by atomic mass is 16.7. The normalized spacial score (nSPS) is 13.2. The number of benzene rings is 4. The fourth-order valence-corrected chi connectivity index (χ4v) is 7.04. The first-order chi connectivity index (χ1) is 22.0. The van der Waals surface area contributed by atoms with Crippen LogP contribution in [0.5, 0.6) is 0 Å². The Morgan fingerprint density at radius 2 is 1.24 bits per heavy atom. The highest BCUT2D eigenvalue weighted by molar-refractivity contribution is 6.06. The van der Waals surface area contributed by atoms with Crippen LogP contribution in [0.3, 0.4) is 0 Å². The van der Waals surface area contributed by atoms with Gasteiger partial charge in [-0.1, -0.05) is 86.6 Å². The number of hydrogen-bond donors (Lipinski definition) is 4. The molecule has 0 aliphatic carbocycles. The number of nitrogens with zero attached hydrogens (tertiary/aromatic N) is 1. The summed E-state index contributed by atoms with van der Waals surface area (Å²) in [7, 11) is 0. The Kier molecular flexibility index (Phi) is 6.36. The van der Waals surface area contributed by atoms with Crippen LogP contribution >= 0.6 is 0 Å². The Bertz CT molecular complexity index is 2370. The standard InChI is InChI=1S/C38H32N4O3/c1-22(28-19-39-31-15-7-3-11-24(28)31)36-35(27-14-5-9-17-33(27)41-36)38(44)45-42-34-18-10-6-13-26(34)30(21-43)37(42)23(2)29-20-40-32-16-8-4-12-25(29)32/h3-20,22-23,39-41,43H,21H2,1-2H3. The third-order valence-corrected chi connectivity index (χ3v) is 9.27. The fraction of sp³-hybridized carbons (Fsp3) is 0.132. The van der Waals surface area contributed by atoms with Crippen LogP contribution in [-0.2, 0) is 6.61 Å². The Morgan fingerprint density at radius 1 is 0.711 bits per heavy atom. The van der Waals surface area contributed by atoms with Crippen molar-refractivity contribution in [1.82, 2.24) is 19.7 Å². The second kappa shape index (κ2) is 10.6. The molecule has 0 saturated heterocycles. The van der Waals surface area contributed by atoms with Crippen molar-refractivity contribution in [2.24, 2.45) is 0 Å². The molecule has 0 bridgehead atoms. The highest BCUT2D eigenvalue weighted by Gasteiger charge is 2.30. The second-order valence-electron chi connectivity index (χ2n) is 11.7. The minimum atomic E-state index is -0.466. The summed E-state index contributed by atoms with van der Waals surface area (Å²) in [5.41, 5.74) is 8.58. The largest absolute Gasteiger partial charge is 0.392 e. The molecule has 8 aromatic rings.